The molecule has 1 spiro atoms. The summed E-state index contributed by atoms with van der Waals surface area (Å²) < 4.78 is 13.4. The van der Waals surface area contributed by atoms with Crippen LogP contribution in [-0.2, 0) is 9.59 Å². The third-order valence-electron chi connectivity index (χ3n) is 6.39. The van der Waals surface area contributed by atoms with Crippen LogP contribution in [0.2, 0.25) is 5.02 Å². The van der Waals surface area contributed by atoms with Crippen molar-refractivity contribution in [3.63, 3.8) is 0 Å². The van der Waals surface area contributed by atoms with E-state index in [2.05, 4.69) is 22.5 Å². The average Bonchev–Trinajstić information content (AvgIpc) is 2.59. The van der Waals surface area contributed by atoms with E-state index in [1.165, 1.54) is 12.1 Å². The molecule has 1 aromatic rings. The fourth-order valence-corrected chi connectivity index (χ4v) is 4.62. The molecule has 2 N–H and O–H groups in total. The van der Waals surface area contributed by atoms with Gasteiger partial charge in [-0.1, -0.05) is 18.5 Å². The zero-order chi connectivity index (χ0) is 21.2. The van der Waals surface area contributed by atoms with Crippen molar-refractivity contribution in [3.8, 4) is 0 Å². The lowest BCUT2D eigenvalue weighted by Crippen LogP contribution is -2.60. The van der Waals surface area contributed by atoms with Gasteiger partial charge in [0.25, 0.3) is 0 Å². The lowest BCUT2D eigenvalue weighted by molar-refractivity contribution is -0.129. The van der Waals surface area contributed by atoms with Crippen molar-refractivity contribution in [3.05, 3.63) is 29.0 Å². The van der Waals surface area contributed by atoms with Gasteiger partial charge in [0, 0.05) is 35.3 Å². The molecule has 1 heterocycles. The molecule has 160 valence electrons. The monoisotopic (exact) mass is 423 g/mol. The third-order valence-corrected chi connectivity index (χ3v) is 6.61. The summed E-state index contributed by atoms with van der Waals surface area (Å²) in [7, 11) is 0. The van der Waals surface area contributed by atoms with Gasteiger partial charge in [-0.05, 0) is 69.6 Å². The summed E-state index contributed by atoms with van der Waals surface area (Å²) in [6.45, 7) is 8.41. The topological polar surface area (TPSA) is 61.4 Å². The number of rotatable bonds is 6. The largest absolute Gasteiger partial charge is 0.350 e. The summed E-state index contributed by atoms with van der Waals surface area (Å²) in [5.41, 5.74) is 0.465. The molecule has 5 nitrogen and oxygen atoms in total. The van der Waals surface area contributed by atoms with Crippen LogP contribution in [0.1, 0.15) is 52.9 Å². The van der Waals surface area contributed by atoms with Gasteiger partial charge >= 0.3 is 0 Å². The Morgan fingerprint density at radius 3 is 2.48 bits per heavy atom. The molecular weight excluding hydrogens is 393 g/mol. The number of anilines is 1. The van der Waals surface area contributed by atoms with Gasteiger partial charge in [0.2, 0.25) is 11.8 Å². The smallest absolute Gasteiger partial charge is 0.234 e. The van der Waals surface area contributed by atoms with Gasteiger partial charge in [-0.25, -0.2) is 4.39 Å². The van der Waals surface area contributed by atoms with E-state index in [-0.39, 0.29) is 33.7 Å². The molecule has 1 saturated heterocycles. The number of carbonyl (C=O) groups excluding carboxylic acids is 2. The average molecular weight is 424 g/mol. The SMILES string of the molecule is CCC(C)(C)NC(=O)CN1CC2(CCC(C(=O)Nc3cc(F)cc(Cl)c3)CC2)C1. The summed E-state index contributed by atoms with van der Waals surface area (Å²) in [6.07, 6.45) is 4.49. The molecular formula is C22H31ClFN3O2. The predicted octanol–water partition coefficient (Wildman–Crippen LogP) is 4.21. The Kier molecular flexibility index (Phi) is 6.54. The number of hydrogen-bond acceptors (Lipinski definition) is 3. The van der Waals surface area contributed by atoms with Crippen molar-refractivity contribution >= 4 is 29.1 Å². The van der Waals surface area contributed by atoms with Crippen molar-refractivity contribution < 1.29 is 14.0 Å². The molecule has 7 heteroatoms. The zero-order valence-electron chi connectivity index (χ0n) is 17.5. The molecule has 2 fully saturated rings. The maximum atomic E-state index is 13.4. The summed E-state index contributed by atoms with van der Waals surface area (Å²) in [6, 6.07) is 4.05. The van der Waals surface area contributed by atoms with E-state index in [1.807, 2.05) is 13.8 Å². The minimum Gasteiger partial charge on any atom is -0.350 e. The summed E-state index contributed by atoms with van der Waals surface area (Å²) in [5.74, 6) is -0.519. The van der Waals surface area contributed by atoms with Crippen LogP contribution in [-0.4, -0.2) is 41.9 Å². The molecule has 1 saturated carbocycles. The predicted molar refractivity (Wildman–Crippen MR) is 113 cm³/mol. The van der Waals surface area contributed by atoms with Crippen molar-refractivity contribution in [2.24, 2.45) is 11.3 Å². The number of hydrogen-bond donors (Lipinski definition) is 2. The standard InChI is InChI=1S/C22H31ClFN3O2/c1-4-21(2,3)26-19(28)12-27-13-22(14-27)7-5-15(6-8-22)20(29)25-18-10-16(23)9-17(24)11-18/h9-11,15H,4-8,12-14H2,1-3H3,(H,25,29)(H,26,28). The van der Waals surface area contributed by atoms with Crippen molar-refractivity contribution in [2.75, 3.05) is 25.0 Å². The Morgan fingerprint density at radius 1 is 1.24 bits per heavy atom. The van der Waals surface area contributed by atoms with Crippen LogP contribution in [0.3, 0.4) is 0 Å². The molecule has 2 amide bonds. The molecule has 3 rings (SSSR count). The molecule has 1 aliphatic carbocycles. The molecule has 0 aromatic heterocycles. The Bertz CT molecular complexity index is 747. The van der Waals surface area contributed by atoms with Crippen LogP contribution in [0, 0.1) is 17.2 Å². The highest BCUT2D eigenvalue weighted by Crippen LogP contribution is 2.45. The van der Waals surface area contributed by atoms with Crippen molar-refractivity contribution in [1.82, 2.24) is 10.2 Å². The molecule has 29 heavy (non-hydrogen) atoms. The van der Waals surface area contributed by atoms with Gasteiger partial charge in [0.1, 0.15) is 5.82 Å². The lowest BCUT2D eigenvalue weighted by atomic mass is 9.65. The van der Waals surface area contributed by atoms with Gasteiger partial charge in [0.05, 0.1) is 6.54 Å². The minimum absolute atomic E-state index is 0.0645. The second-order valence-corrected chi connectivity index (χ2v) is 9.79. The van der Waals surface area contributed by atoms with Crippen LogP contribution < -0.4 is 10.6 Å². The van der Waals surface area contributed by atoms with Gasteiger partial charge in [-0.3, -0.25) is 14.5 Å². The normalized spacial score (nSPS) is 19.6. The van der Waals surface area contributed by atoms with Crippen LogP contribution in [0.5, 0.6) is 0 Å². The van der Waals surface area contributed by atoms with E-state index in [1.54, 1.807) is 6.07 Å². The second-order valence-electron chi connectivity index (χ2n) is 9.35. The highest BCUT2D eigenvalue weighted by atomic mass is 35.5. The first kappa shape index (κ1) is 22.0. The van der Waals surface area contributed by atoms with Gasteiger partial charge in [-0.2, -0.15) is 0 Å². The van der Waals surface area contributed by atoms with Crippen molar-refractivity contribution in [2.45, 2.75) is 58.4 Å². The summed E-state index contributed by atoms with van der Waals surface area (Å²) in [4.78, 5) is 26.9. The molecule has 1 aromatic carbocycles. The maximum absolute atomic E-state index is 13.4. The number of nitrogens with zero attached hydrogens (tertiary/aromatic N) is 1. The molecule has 0 bridgehead atoms. The number of carbonyl (C=O) groups is 2. The van der Waals surface area contributed by atoms with E-state index < -0.39 is 5.82 Å². The van der Waals surface area contributed by atoms with Gasteiger partial charge < -0.3 is 10.6 Å². The number of likely N-dealkylation sites (tertiary alicyclic amines) is 1. The first-order chi connectivity index (χ1) is 13.6. The van der Waals surface area contributed by atoms with Gasteiger partial charge in [0.15, 0.2) is 0 Å². The first-order valence-corrected chi connectivity index (χ1v) is 10.8. The van der Waals surface area contributed by atoms with E-state index in [9.17, 15) is 14.0 Å². The molecule has 0 atom stereocenters. The van der Waals surface area contributed by atoms with Crippen LogP contribution >= 0.6 is 11.6 Å². The Morgan fingerprint density at radius 2 is 1.90 bits per heavy atom. The number of nitrogens with one attached hydrogen (secondary N) is 2. The van der Waals surface area contributed by atoms with E-state index in [0.29, 0.717) is 12.2 Å². The van der Waals surface area contributed by atoms with Crippen LogP contribution in [0.25, 0.3) is 0 Å². The van der Waals surface area contributed by atoms with Gasteiger partial charge in [-0.15, -0.1) is 0 Å². The summed E-state index contributed by atoms with van der Waals surface area (Å²) >= 11 is 5.85. The third kappa shape index (κ3) is 5.70. The fourth-order valence-electron chi connectivity index (χ4n) is 4.40. The Labute approximate surface area is 177 Å². The van der Waals surface area contributed by atoms with Crippen LogP contribution in [0.15, 0.2) is 18.2 Å². The Hall–Kier alpha value is -1.66. The highest BCUT2D eigenvalue weighted by molar-refractivity contribution is 6.30. The van der Waals surface area contributed by atoms with Crippen LogP contribution in [0.4, 0.5) is 10.1 Å². The summed E-state index contributed by atoms with van der Waals surface area (Å²) in [5, 5.41) is 6.14. The first-order valence-electron chi connectivity index (χ1n) is 10.4. The molecule has 0 radical (unpaired) electrons. The minimum atomic E-state index is -0.462. The molecule has 2 aliphatic rings. The number of amides is 2. The number of halogens is 2. The lowest BCUT2D eigenvalue weighted by Gasteiger charge is -2.53. The quantitative estimate of drug-likeness (QED) is 0.720. The second kappa shape index (κ2) is 8.60. The van der Waals surface area contributed by atoms with E-state index in [4.69, 9.17) is 11.6 Å². The van der Waals surface area contributed by atoms with E-state index >= 15 is 0 Å². The van der Waals surface area contributed by atoms with E-state index in [0.717, 1.165) is 45.2 Å². The Balaban J connectivity index is 1.43. The maximum Gasteiger partial charge on any atom is 0.234 e. The highest BCUT2D eigenvalue weighted by Gasteiger charge is 2.46. The molecule has 0 unspecified atom stereocenters. The number of benzene rings is 1. The molecule has 1 aliphatic heterocycles. The fraction of sp³-hybridized carbons (Fsp3) is 0.636. The zero-order valence-corrected chi connectivity index (χ0v) is 18.2. The van der Waals surface area contributed by atoms with Crippen molar-refractivity contribution in [1.29, 1.82) is 0 Å².